The van der Waals surface area contributed by atoms with Crippen LogP contribution >= 0.6 is 22.7 Å². The lowest BCUT2D eigenvalue weighted by Crippen LogP contribution is -2.16. The largest absolute Gasteiger partial charge is 0.506 e. The molecule has 0 saturated heterocycles. The standard InChI is InChI=1S/C22H14F3NO2S2/c23-22(24,25)14-8-9-18-15(11-14)19(27)20(30-18)21(28)26-12-16(17-7-4-10-29-17)13-5-2-1-3-6-13/h1-12,27H,(H,26,28)/b16-12+. The van der Waals surface area contributed by atoms with E-state index in [1.165, 1.54) is 17.4 Å². The third-order valence-corrected chi connectivity index (χ3v) is 6.48. The number of carbonyl (C=O) groups is 1. The van der Waals surface area contributed by atoms with Crippen molar-refractivity contribution in [1.29, 1.82) is 0 Å². The van der Waals surface area contributed by atoms with Gasteiger partial charge in [-0.15, -0.1) is 22.7 Å². The maximum Gasteiger partial charge on any atom is 0.416 e. The van der Waals surface area contributed by atoms with Crippen molar-refractivity contribution in [2.75, 3.05) is 0 Å². The molecule has 0 spiro atoms. The summed E-state index contributed by atoms with van der Waals surface area (Å²) < 4.78 is 39.3. The summed E-state index contributed by atoms with van der Waals surface area (Å²) in [5.41, 5.74) is 0.813. The molecule has 2 N–H and O–H groups in total. The second kappa shape index (κ2) is 7.97. The molecule has 3 nitrogen and oxygen atoms in total. The number of carbonyl (C=O) groups excluding carboxylic acids is 1. The Morgan fingerprint density at radius 1 is 1.03 bits per heavy atom. The Bertz CT molecular complexity index is 1230. The van der Waals surface area contributed by atoms with Gasteiger partial charge in [-0.1, -0.05) is 36.4 Å². The fourth-order valence-electron chi connectivity index (χ4n) is 2.96. The van der Waals surface area contributed by atoms with Crippen molar-refractivity contribution < 1.29 is 23.1 Å². The number of amides is 1. The van der Waals surface area contributed by atoms with Crippen LogP contribution in [0.3, 0.4) is 0 Å². The van der Waals surface area contributed by atoms with Crippen molar-refractivity contribution in [3.05, 3.63) is 93.1 Å². The van der Waals surface area contributed by atoms with E-state index < -0.39 is 23.4 Å². The summed E-state index contributed by atoms with van der Waals surface area (Å²) in [5.74, 6) is -1.04. The molecule has 0 aliphatic heterocycles. The molecule has 0 bridgehead atoms. The Labute approximate surface area is 177 Å². The van der Waals surface area contributed by atoms with Crippen LogP contribution in [0.5, 0.6) is 5.75 Å². The first kappa shape index (κ1) is 20.2. The molecule has 2 heterocycles. The number of benzene rings is 2. The van der Waals surface area contributed by atoms with Gasteiger partial charge in [-0.25, -0.2) is 0 Å². The fraction of sp³-hybridized carbons (Fsp3) is 0.0455. The van der Waals surface area contributed by atoms with E-state index in [1.807, 2.05) is 47.8 Å². The third-order valence-electron chi connectivity index (χ3n) is 4.41. The van der Waals surface area contributed by atoms with Crippen molar-refractivity contribution in [3.8, 4) is 5.75 Å². The Morgan fingerprint density at radius 3 is 2.47 bits per heavy atom. The molecule has 152 valence electrons. The zero-order valence-corrected chi connectivity index (χ0v) is 16.9. The van der Waals surface area contributed by atoms with Gasteiger partial charge in [0.25, 0.3) is 5.91 Å². The predicted molar refractivity (Wildman–Crippen MR) is 114 cm³/mol. The molecule has 0 aliphatic rings. The van der Waals surface area contributed by atoms with E-state index in [4.69, 9.17) is 0 Å². The van der Waals surface area contributed by atoms with Crippen molar-refractivity contribution in [2.24, 2.45) is 0 Å². The van der Waals surface area contributed by atoms with Gasteiger partial charge >= 0.3 is 6.18 Å². The van der Waals surface area contributed by atoms with Crippen LogP contribution in [-0.4, -0.2) is 11.0 Å². The van der Waals surface area contributed by atoms with Gasteiger partial charge in [0.05, 0.1) is 5.56 Å². The minimum atomic E-state index is -4.53. The molecule has 2 aromatic heterocycles. The summed E-state index contributed by atoms with van der Waals surface area (Å²) in [4.78, 5) is 13.6. The Hall–Kier alpha value is -3.10. The van der Waals surface area contributed by atoms with Gasteiger partial charge in [-0.2, -0.15) is 13.2 Å². The average molecular weight is 445 g/mol. The summed E-state index contributed by atoms with van der Waals surface area (Å²) >= 11 is 2.45. The van der Waals surface area contributed by atoms with Gasteiger partial charge in [0.2, 0.25) is 0 Å². The average Bonchev–Trinajstić information content (AvgIpc) is 3.36. The molecule has 1 amide bonds. The Kier molecular flexibility index (Phi) is 5.36. The molecule has 30 heavy (non-hydrogen) atoms. The number of hydrogen-bond donors (Lipinski definition) is 2. The van der Waals surface area contributed by atoms with Gasteiger partial charge in [0, 0.05) is 26.7 Å². The van der Waals surface area contributed by atoms with E-state index >= 15 is 0 Å². The highest BCUT2D eigenvalue weighted by Gasteiger charge is 2.31. The Morgan fingerprint density at radius 2 is 1.80 bits per heavy atom. The number of halogens is 3. The number of hydrogen-bond acceptors (Lipinski definition) is 4. The number of aromatic hydroxyl groups is 1. The zero-order chi connectivity index (χ0) is 21.3. The van der Waals surface area contributed by atoms with Gasteiger partial charge < -0.3 is 10.4 Å². The molecule has 0 aliphatic carbocycles. The fourth-order valence-corrected chi connectivity index (χ4v) is 4.71. The van der Waals surface area contributed by atoms with E-state index in [-0.39, 0.29) is 10.3 Å². The third kappa shape index (κ3) is 3.96. The van der Waals surface area contributed by atoms with Crippen molar-refractivity contribution in [1.82, 2.24) is 5.32 Å². The molecule has 8 heteroatoms. The zero-order valence-electron chi connectivity index (χ0n) is 15.2. The summed E-state index contributed by atoms with van der Waals surface area (Å²) in [5, 5.41) is 15.0. The van der Waals surface area contributed by atoms with E-state index in [1.54, 1.807) is 6.20 Å². The molecule has 0 saturated carbocycles. The first-order chi connectivity index (χ1) is 14.3. The van der Waals surface area contributed by atoms with Gasteiger partial charge in [0.15, 0.2) is 0 Å². The molecule has 0 fully saturated rings. The Balaban J connectivity index is 1.67. The summed E-state index contributed by atoms with van der Waals surface area (Å²) in [6.07, 6.45) is -2.98. The van der Waals surface area contributed by atoms with Crippen LogP contribution in [-0.2, 0) is 6.18 Å². The topological polar surface area (TPSA) is 49.3 Å². The molecule has 4 rings (SSSR count). The molecule has 0 unspecified atom stereocenters. The number of alkyl halides is 3. The second-order valence-corrected chi connectivity index (χ2v) is 8.36. The lowest BCUT2D eigenvalue weighted by atomic mass is 10.1. The predicted octanol–water partition coefficient (Wildman–Crippen LogP) is 6.51. The van der Waals surface area contributed by atoms with Crippen LogP contribution in [0.2, 0.25) is 0 Å². The molecule has 0 radical (unpaired) electrons. The van der Waals surface area contributed by atoms with Gasteiger partial charge in [0.1, 0.15) is 10.6 Å². The van der Waals surface area contributed by atoms with Gasteiger partial charge in [-0.3, -0.25) is 4.79 Å². The summed E-state index contributed by atoms with van der Waals surface area (Å²) in [6, 6.07) is 16.3. The number of fused-ring (bicyclic) bond motifs is 1. The first-order valence-electron chi connectivity index (χ1n) is 8.77. The summed E-state index contributed by atoms with van der Waals surface area (Å²) in [6.45, 7) is 0. The van der Waals surface area contributed by atoms with Crippen LogP contribution in [0.15, 0.2) is 72.2 Å². The molecular weight excluding hydrogens is 431 g/mol. The molecule has 0 atom stereocenters. The van der Waals surface area contributed by atoms with Gasteiger partial charge in [-0.05, 0) is 35.2 Å². The van der Waals surface area contributed by atoms with E-state index in [2.05, 4.69) is 5.32 Å². The highest BCUT2D eigenvalue weighted by molar-refractivity contribution is 7.21. The minimum absolute atomic E-state index is 0.00509. The monoisotopic (exact) mass is 445 g/mol. The normalized spacial score (nSPS) is 12.3. The van der Waals surface area contributed by atoms with Crippen LogP contribution < -0.4 is 5.32 Å². The molecular formula is C22H14F3NO2S2. The highest BCUT2D eigenvalue weighted by atomic mass is 32.1. The molecule has 2 aromatic carbocycles. The second-order valence-electron chi connectivity index (χ2n) is 6.36. The van der Waals surface area contributed by atoms with E-state index in [0.29, 0.717) is 4.70 Å². The minimum Gasteiger partial charge on any atom is -0.506 e. The van der Waals surface area contributed by atoms with Crippen LogP contribution in [0.25, 0.3) is 15.7 Å². The van der Waals surface area contributed by atoms with Crippen molar-refractivity contribution in [2.45, 2.75) is 6.18 Å². The lowest BCUT2D eigenvalue weighted by Gasteiger charge is -2.07. The summed E-state index contributed by atoms with van der Waals surface area (Å²) in [7, 11) is 0. The van der Waals surface area contributed by atoms with Crippen LogP contribution in [0.1, 0.15) is 25.7 Å². The van der Waals surface area contributed by atoms with Crippen LogP contribution in [0, 0.1) is 0 Å². The SMILES string of the molecule is O=C(N/C=C(\c1ccccc1)c1cccs1)c1sc2ccc(C(F)(F)F)cc2c1O. The molecule has 4 aromatic rings. The lowest BCUT2D eigenvalue weighted by molar-refractivity contribution is -0.137. The maximum atomic E-state index is 13.0. The first-order valence-corrected chi connectivity index (χ1v) is 10.5. The number of nitrogens with one attached hydrogen (secondary N) is 1. The van der Waals surface area contributed by atoms with Crippen molar-refractivity contribution in [3.63, 3.8) is 0 Å². The number of rotatable bonds is 4. The van der Waals surface area contributed by atoms with Crippen LogP contribution in [0.4, 0.5) is 13.2 Å². The maximum absolute atomic E-state index is 13.0. The van der Waals surface area contributed by atoms with E-state index in [9.17, 15) is 23.1 Å². The number of thiophene rings is 2. The highest BCUT2D eigenvalue weighted by Crippen LogP contribution is 2.40. The van der Waals surface area contributed by atoms with E-state index in [0.717, 1.165) is 39.5 Å². The van der Waals surface area contributed by atoms with Crippen molar-refractivity contribution >= 4 is 44.2 Å². The quantitative estimate of drug-likeness (QED) is 0.376. The smallest absolute Gasteiger partial charge is 0.416 e.